The average Bonchev–Trinajstić information content (AvgIpc) is 3.30. The van der Waals surface area contributed by atoms with Crippen molar-refractivity contribution in [2.24, 2.45) is 11.3 Å². The molecule has 1 heterocycles. The van der Waals surface area contributed by atoms with E-state index in [4.69, 9.17) is 28.4 Å². The third-order valence-corrected chi connectivity index (χ3v) is 10.9. The highest BCUT2D eigenvalue weighted by Gasteiger charge is 2.87. The summed E-state index contributed by atoms with van der Waals surface area (Å²) < 4.78 is 37.6. The molecule has 9 atom stereocenters. The lowest BCUT2D eigenvalue weighted by Crippen LogP contribution is -2.86. The van der Waals surface area contributed by atoms with Gasteiger partial charge in [-0.05, 0) is 70.5 Å². The fraction of sp³-hybridized carbons (Fsp3) is 0.425. The molecule has 52 heavy (non-hydrogen) atoms. The second-order valence-electron chi connectivity index (χ2n) is 14.5. The Morgan fingerprint density at radius 2 is 1.02 bits per heavy atom. The lowest BCUT2D eigenvalue weighted by molar-refractivity contribution is -0.367. The number of esters is 5. The van der Waals surface area contributed by atoms with Crippen LogP contribution in [0.15, 0.2) is 91.0 Å². The van der Waals surface area contributed by atoms with Gasteiger partial charge in [0.2, 0.25) is 0 Å². The van der Waals surface area contributed by atoms with Crippen molar-refractivity contribution in [3.8, 4) is 0 Å². The Morgan fingerprint density at radius 1 is 0.596 bits per heavy atom. The van der Waals surface area contributed by atoms with Gasteiger partial charge in [-0.1, -0.05) is 54.6 Å². The number of rotatable bonds is 8. The van der Waals surface area contributed by atoms with Gasteiger partial charge < -0.3 is 33.5 Å². The van der Waals surface area contributed by atoms with Crippen LogP contribution in [0.5, 0.6) is 0 Å². The van der Waals surface area contributed by atoms with E-state index in [9.17, 15) is 29.1 Å². The van der Waals surface area contributed by atoms with Crippen molar-refractivity contribution in [1.29, 1.82) is 0 Å². The van der Waals surface area contributed by atoms with Crippen LogP contribution in [0.3, 0.4) is 0 Å². The first kappa shape index (κ1) is 36.7. The summed E-state index contributed by atoms with van der Waals surface area (Å²) in [5.41, 5.74) is -7.00. The maximum atomic E-state index is 14.0. The molecule has 1 spiro atoms. The molecule has 0 amide bonds. The number of aliphatic hydroxyl groups is 1. The van der Waals surface area contributed by atoms with E-state index in [-0.39, 0.29) is 23.1 Å². The fourth-order valence-electron chi connectivity index (χ4n) is 8.59. The topological polar surface area (TPSA) is 161 Å². The summed E-state index contributed by atoms with van der Waals surface area (Å²) in [6, 6.07) is 24.5. The van der Waals surface area contributed by atoms with Gasteiger partial charge in [0.05, 0.1) is 27.7 Å². The van der Waals surface area contributed by atoms with Gasteiger partial charge in [0.15, 0.2) is 23.9 Å². The Morgan fingerprint density at radius 3 is 1.46 bits per heavy atom. The van der Waals surface area contributed by atoms with Gasteiger partial charge in [-0.25, -0.2) is 14.4 Å². The lowest BCUT2D eigenvalue weighted by Gasteiger charge is -2.66. The smallest absolute Gasteiger partial charge is 0.338 e. The van der Waals surface area contributed by atoms with Crippen molar-refractivity contribution in [2.75, 3.05) is 0 Å². The van der Waals surface area contributed by atoms with Crippen LogP contribution in [0.2, 0.25) is 0 Å². The number of hydrogen-bond donors (Lipinski definition) is 1. The van der Waals surface area contributed by atoms with Crippen molar-refractivity contribution >= 4 is 29.8 Å². The van der Waals surface area contributed by atoms with Gasteiger partial charge >= 0.3 is 29.8 Å². The number of carbonyl (C=O) groups excluding carboxylic acids is 5. The van der Waals surface area contributed by atoms with E-state index in [2.05, 4.69) is 0 Å². The largest absolute Gasteiger partial charge is 0.458 e. The van der Waals surface area contributed by atoms with Gasteiger partial charge in [-0.15, -0.1) is 0 Å². The first-order valence-electron chi connectivity index (χ1n) is 17.1. The third kappa shape index (κ3) is 5.93. The fourth-order valence-corrected chi connectivity index (χ4v) is 8.59. The molecule has 2 bridgehead atoms. The van der Waals surface area contributed by atoms with Crippen LogP contribution in [0.1, 0.15) is 79.0 Å². The van der Waals surface area contributed by atoms with Crippen molar-refractivity contribution in [3.05, 3.63) is 108 Å². The van der Waals surface area contributed by atoms with Crippen LogP contribution < -0.4 is 0 Å². The maximum Gasteiger partial charge on any atom is 0.338 e. The molecule has 2 saturated carbocycles. The van der Waals surface area contributed by atoms with E-state index in [1.54, 1.807) is 99.6 Å². The zero-order valence-electron chi connectivity index (χ0n) is 29.8. The number of ether oxygens (including phenoxy) is 6. The van der Waals surface area contributed by atoms with Gasteiger partial charge in [0.1, 0.15) is 17.8 Å². The van der Waals surface area contributed by atoms with Gasteiger partial charge in [0, 0.05) is 19.8 Å². The van der Waals surface area contributed by atoms with E-state index in [1.165, 1.54) is 19.1 Å². The summed E-state index contributed by atoms with van der Waals surface area (Å²) in [5.74, 6) is -4.75. The monoisotopic (exact) mass is 714 g/mol. The molecule has 0 aromatic heterocycles. The van der Waals surface area contributed by atoms with Crippen LogP contribution >= 0.6 is 0 Å². The molecule has 0 radical (unpaired) electrons. The molecule has 2 aliphatic carbocycles. The summed E-state index contributed by atoms with van der Waals surface area (Å²) in [4.78, 5) is 67.4. The van der Waals surface area contributed by atoms with Gasteiger partial charge in [-0.2, -0.15) is 0 Å². The van der Waals surface area contributed by atoms with E-state index < -0.39 is 88.5 Å². The first-order valence-corrected chi connectivity index (χ1v) is 17.1. The molecule has 12 nitrogen and oxygen atoms in total. The normalized spacial score (nSPS) is 32.8. The van der Waals surface area contributed by atoms with Crippen LogP contribution in [0, 0.1) is 11.3 Å². The van der Waals surface area contributed by atoms with Crippen LogP contribution in [-0.2, 0) is 38.0 Å². The van der Waals surface area contributed by atoms with Crippen molar-refractivity contribution in [3.63, 3.8) is 0 Å². The zero-order chi connectivity index (χ0) is 37.6. The predicted octanol–water partition coefficient (Wildman–Crippen LogP) is 4.87. The van der Waals surface area contributed by atoms with Crippen molar-refractivity contribution < 1.29 is 57.5 Å². The Balaban J connectivity index is 1.61. The highest BCUT2D eigenvalue weighted by atomic mass is 16.7. The quantitative estimate of drug-likeness (QED) is 0.250. The summed E-state index contributed by atoms with van der Waals surface area (Å²) in [7, 11) is 0. The molecule has 6 rings (SSSR count). The molecule has 274 valence electrons. The second-order valence-corrected chi connectivity index (χ2v) is 14.5. The van der Waals surface area contributed by atoms with E-state index in [0.29, 0.717) is 0 Å². The summed E-state index contributed by atoms with van der Waals surface area (Å²) >= 11 is 0. The molecule has 3 fully saturated rings. The van der Waals surface area contributed by atoms with Gasteiger partial charge in [-0.3, -0.25) is 9.59 Å². The SMILES string of the molecule is CC(=O)O[C@H]1[C@H](OC(=O)c2ccccc2)[C@@]2(C)[C@@H](OC(=O)c3ccccc3)C[C@@H]3[C@@H](OC(=O)c4ccccc4)[C@]2(OC3(C)C)[C@@](C)(O)[C@H]1OC(C)=O. The van der Waals surface area contributed by atoms with Crippen molar-refractivity contribution in [2.45, 2.75) is 95.3 Å². The molecule has 3 aromatic carbocycles. The Hall–Kier alpha value is -5.07. The molecule has 3 aromatic rings. The minimum atomic E-state index is -2.37. The lowest BCUT2D eigenvalue weighted by atomic mass is 9.46. The Labute approximate surface area is 301 Å². The predicted molar refractivity (Wildman–Crippen MR) is 183 cm³/mol. The Kier molecular flexibility index (Phi) is 9.52. The van der Waals surface area contributed by atoms with Crippen LogP contribution in [0.25, 0.3) is 0 Å². The van der Waals surface area contributed by atoms with Gasteiger partial charge in [0.25, 0.3) is 0 Å². The summed E-state index contributed by atoms with van der Waals surface area (Å²) in [6.07, 6.45) is -7.57. The summed E-state index contributed by atoms with van der Waals surface area (Å²) in [6.45, 7) is 8.63. The van der Waals surface area contributed by atoms with Crippen molar-refractivity contribution in [1.82, 2.24) is 0 Å². The third-order valence-electron chi connectivity index (χ3n) is 10.9. The second kappa shape index (κ2) is 13.5. The highest BCUT2D eigenvalue weighted by Crippen LogP contribution is 2.69. The van der Waals surface area contributed by atoms with Crippen LogP contribution in [0.4, 0.5) is 0 Å². The standard InChI is InChI=1S/C40H42O12/c1-23(41)47-30-32(51-36(45)27-20-14-9-15-21-27)38(5)29(49-34(43)25-16-10-7-11-17-25)22-28-31(50-35(44)26-18-12-8-13-19-26)40(38,52-37(28,3)4)39(6,46)33(30)48-24(2)42/h7-21,28-33,46H,22H2,1-6H3/t28-,29+,30+,31-,32+,33+,38-,39+,40-/m1/s1. The molecule has 1 N–H and O–H groups in total. The summed E-state index contributed by atoms with van der Waals surface area (Å²) in [5, 5.41) is 13.1. The number of hydrogen-bond acceptors (Lipinski definition) is 12. The number of carbonyl (C=O) groups is 5. The molecule has 1 saturated heterocycles. The Bertz CT molecular complexity index is 1840. The van der Waals surface area contributed by atoms with E-state index in [0.717, 1.165) is 13.8 Å². The van der Waals surface area contributed by atoms with Crippen LogP contribution in [-0.4, -0.2) is 82.3 Å². The van der Waals surface area contributed by atoms with E-state index in [1.807, 2.05) is 0 Å². The average molecular weight is 715 g/mol. The zero-order valence-corrected chi connectivity index (χ0v) is 29.8. The minimum absolute atomic E-state index is 0.00293. The molecular formula is C40H42O12. The van der Waals surface area contributed by atoms with E-state index >= 15 is 0 Å². The maximum absolute atomic E-state index is 14.0. The number of fused-ring (bicyclic) bond motifs is 1. The molecule has 0 unspecified atom stereocenters. The molecule has 12 heteroatoms. The minimum Gasteiger partial charge on any atom is -0.458 e. The molecule has 3 aliphatic rings. The first-order chi connectivity index (χ1) is 24.5. The molecule has 1 aliphatic heterocycles. The highest BCUT2D eigenvalue weighted by molar-refractivity contribution is 5.91. The molecular weight excluding hydrogens is 672 g/mol. The number of benzene rings is 3.